The quantitative estimate of drug-likeness (QED) is 0.519. The van der Waals surface area contributed by atoms with E-state index in [2.05, 4.69) is 11.8 Å². The van der Waals surface area contributed by atoms with Crippen molar-refractivity contribution in [2.24, 2.45) is 0 Å². The van der Waals surface area contributed by atoms with Crippen LogP contribution in [0, 0.1) is 0 Å². The number of rotatable bonds is 9. The molecule has 0 saturated carbocycles. The molecular formula is C14H24N2O2. The number of hydrogen-bond donors (Lipinski definition) is 2. The van der Waals surface area contributed by atoms with Gasteiger partial charge in [0.25, 0.3) is 0 Å². The second-order valence-electron chi connectivity index (χ2n) is 4.28. The lowest BCUT2D eigenvalue weighted by Crippen LogP contribution is -2.27. The Morgan fingerprint density at radius 3 is 2.44 bits per heavy atom. The van der Waals surface area contributed by atoms with Crippen LogP contribution in [-0.2, 0) is 0 Å². The van der Waals surface area contributed by atoms with E-state index in [1.165, 1.54) is 0 Å². The summed E-state index contributed by atoms with van der Waals surface area (Å²) >= 11 is 0. The van der Waals surface area contributed by atoms with Crippen LogP contribution in [0.25, 0.3) is 0 Å². The lowest BCUT2D eigenvalue weighted by atomic mass is 10.3. The van der Waals surface area contributed by atoms with Gasteiger partial charge in [0.15, 0.2) is 0 Å². The van der Waals surface area contributed by atoms with Gasteiger partial charge in [-0.1, -0.05) is 6.92 Å². The number of nitrogens with zero attached hydrogens (tertiary/aromatic N) is 1. The highest BCUT2D eigenvalue weighted by Gasteiger charge is 2.01. The first-order valence-corrected chi connectivity index (χ1v) is 6.57. The summed E-state index contributed by atoms with van der Waals surface area (Å²) in [6.45, 7) is 6.08. The van der Waals surface area contributed by atoms with E-state index in [-0.39, 0.29) is 6.61 Å². The molecule has 102 valence electrons. The van der Waals surface area contributed by atoms with Crippen molar-refractivity contribution >= 4 is 5.69 Å². The molecule has 0 aromatic heterocycles. The van der Waals surface area contributed by atoms with Crippen molar-refractivity contribution in [2.75, 3.05) is 38.6 Å². The van der Waals surface area contributed by atoms with Gasteiger partial charge in [0.1, 0.15) is 5.75 Å². The molecule has 0 amide bonds. The van der Waals surface area contributed by atoms with Crippen molar-refractivity contribution in [3.8, 4) is 5.75 Å². The molecule has 4 nitrogen and oxygen atoms in total. The smallest absolute Gasteiger partial charge is 0.119 e. The van der Waals surface area contributed by atoms with Crippen molar-refractivity contribution in [3.63, 3.8) is 0 Å². The molecule has 1 rings (SSSR count). The second-order valence-corrected chi connectivity index (χ2v) is 4.28. The molecule has 0 unspecified atom stereocenters. The van der Waals surface area contributed by atoms with Crippen molar-refractivity contribution in [1.82, 2.24) is 4.90 Å². The lowest BCUT2D eigenvalue weighted by molar-refractivity contribution is 0.213. The van der Waals surface area contributed by atoms with E-state index in [1.54, 1.807) is 0 Å². The maximum Gasteiger partial charge on any atom is 0.119 e. The minimum atomic E-state index is 0.262. The topological polar surface area (TPSA) is 58.7 Å². The van der Waals surface area contributed by atoms with E-state index < -0.39 is 0 Å². The largest absolute Gasteiger partial charge is 0.494 e. The van der Waals surface area contributed by atoms with Crippen LogP contribution in [0.15, 0.2) is 24.3 Å². The maximum atomic E-state index is 8.79. The third kappa shape index (κ3) is 5.89. The molecule has 1 aromatic carbocycles. The van der Waals surface area contributed by atoms with Crippen LogP contribution in [0.3, 0.4) is 0 Å². The fraction of sp³-hybridized carbons (Fsp3) is 0.571. The normalized spacial score (nSPS) is 10.8. The average molecular weight is 252 g/mol. The van der Waals surface area contributed by atoms with Gasteiger partial charge in [0, 0.05) is 25.4 Å². The van der Waals surface area contributed by atoms with Crippen LogP contribution in [0.4, 0.5) is 5.69 Å². The third-order valence-corrected chi connectivity index (χ3v) is 2.85. The molecule has 0 aliphatic rings. The van der Waals surface area contributed by atoms with Gasteiger partial charge in [0.05, 0.1) is 6.61 Å². The molecule has 4 heteroatoms. The Hall–Kier alpha value is -1.26. The number of aliphatic hydroxyl groups is 1. The Kier molecular flexibility index (Phi) is 7.22. The van der Waals surface area contributed by atoms with Crippen LogP contribution in [-0.4, -0.2) is 42.9 Å². The summed E-state index contributed by atoms with van der Waals surface area (Å²) in [6, 6.07) is 7.46. The summed E-state index contributed by atoms with van der Waals surface area (Å²) in [6.07, 6.45) is 1.83. The molecule has 0 bridgehead atoms. The van der Waals surface area contributed by atoms with Gasteiger partial charge in [-0.25, -0.2) is 0 Å². The number of aliphatic hydroxyl groups excluding tert-OH is 1. The molecule has 0 atom stereocenters. The highest BCUT2D eigenvalue weighted by molar-refractivity contribution is 5.41. The first-order chi connectivity index (χ1) is 8.76. The standard InChI is InChI=1S/C14H24N2O2/c1-2-16(9-3-11-17)10-4-12-18-14-7-5-13(15)6-8-14/h5-8,17H,2-4,9-12,15H2,1H3. The Bertz CT molecular complexity index is 314. The van der Waals surface area contributed by atoms with Gasteiger partial charge < -0.3 is 20.5 Å². The third-order valence-electron chi connectivity index (χ3n) is 2.85. The Balaban J connectivity index is 2.15. The van der Waals surface area contributed by atoms with Crippen LogP contribution in [0.2, 0.25) is 0 Å². The number of nitrogens with two attached hydrogens (primary N) is 1. The maximum absolute atomic E-state index is 8.79. The summed E-state index contributed by atoms with van der Waals surface area (Å²) in [4.78, 5) is 2.32. The summed E-state index contributed by atoms with van der Waals surface area (Å²) in [5.74, 6) is 0.864. The Morgan fingerprint density at radius 1 is 1.17 bits per heavy atom. The monoisotopic (exact) mass is 252 g/mol. The highest BCUT2D eigenvalue weighted by Crippen LogP contribution is 2.13. The fourth-order valence-corrected chi connectivity index (χ4v) is 1.76. The summed E-state index contributed by atoms with van der Waals surface area (Å²) < 4.78 is 5.63. The highest BCUT2D eigenvalue weighted by atomic mass is 16.5. The molecule has 3 N–H and O–H groups in total. The van der Waals surface area contributed by atoms with Crippen LogP contribution < -0.4 is 10.5 Å². The van der Waals surface area contributed by atoms with E-state index in [1.807, 2.05) is 24.3 Å². The molecule has 18 heavy (non-hydrogen) atoms. The van der Waals surface area contributed by atoms with Crippen molar-refractivity contribution in [1.29, 1.82) is 0 Å². The number of hydrogen-bond acceptors (Lipinski definition) is 4. The molecule has 0 saturated heterocycles. The molecule has 0 heterocycles. The van der Waals surface area contributed by atoms with Crippen molar-refractivity contribution in [3.05, 3.63) is 24.3 Å². The lowest BCUT2D eigenvalue weighted by Gasteiger charge is -2.19. The van der Waals surface area contributed by atoms with Gasteiger partial charge >= 0.3 is 0 Å². The van der Waals surface area contributed by atoms with Gasteiger partial charge in [-0.3, -0.25) is 0 Å². The molecule has 0 spiro atoms. The zero-order valence-corrected chi connectivity index (χ0v) is 11.1. The molecule has 0 aliphatic carbocycles. The molecule has 0 radical (unpaired) electrons. The van der Waals surface area contributed by atoms with E-state index in [9.17, 15) is 0 Å². The SMILES string of the molecule is CCN(CCCO)CCCOc1ccc(N)cc1. The Labute approximate surface area is 109 Å². The van der Waals surface area contributed by atoms with E-state index >= 15 is 0 Å². The zero-order valence-electron chi connectivity index (χ0n) is 11.1. The van der Waals surface area contributed by atoms with E-state index in [4.69, 9.17) is 15.6 Å². The Morgan fingerprint density at radius 2 is 1.83 bits per heavy atom. The van der Waals surface area contributed by atoms with E-state index in [0.29, 0.717) is 6.61 Å². The van der Waals surface area contributed by atoms with Crippen LogP contribution >= 0.6 is 0 Å². The molecule has 0 fully saturated rings. The first-order valence-electron chi connectivity index (χ1n) is 6.57. The van der Waals surface area contributed by atoms with Crippen LogP contribution in [0.1, 0.15) is 19.8 Å². The molecule has 0 aliphatic heterocycles. The average Bonchev–Trinajstić information content (AvgIpc) is 2.40. The fourth-order valence-electron chi connectivity index (χ4n) is 1.76. The zero-order chi connectivity index (χ0) is 13.2. The molecule has 1 aromatic rings. The van der Waals surface area contributed by atoms with E-state index in [0.717, 1.165) is 43.9 Å². The van der Waals surface area contributed by atoms with Crippen molar-refractivity contribution in [2.45, 2.75) is 19.8 Å². The second kappa shape index (κ2) is 8.78. The minimum absolute atomic E-state index is 0.262. The van der Waals surface area contributed by atoms with Crippen LogP contribution in [0.5, 0.6) is 5.75 Å². The number of ether oxygens (including phenoxy) is 1. The predicted molar refractivity (Wildman–Crippen MR) is 74.8 cm³/mol. The first kappa shape index (κ1) is 14.8. The van der Waals surface area contributed by atoms with Gasteiger partial charge in [0.2, 0.25) is 0 Å². The van der Waals surface area contributed by atoms with Gasteiger partial charge in [-0.15, -0.1) is 0 Å². The van der Waals surface area contributed by atoms with Gasteiger partial charge in [-0.05, 0) is 43.7 Å². The summed E-state index contributed by atoms with van der Waals surface area (Å²) in [5.41, 5.74) is 6.36. The number of nitrogen functional groups attached to an aromatic ring is 1. The van der Waals surface area contributed by atoms with Gasteiger partial charge in [-0.2, -0.15) is 0 Å². The molecular weight excluding hydrogens is 228 g/mol. The summed E-state index contributed by atoms with van der Waals surface area (Å²) in [5, 5.41) is 8.79. The minimum Gasteiger partial charge on any atom is -0.494 e. The number of benzene rings is 1. The van der Waals surface area contributed by atoms with Crippen molar-refractivity contribution < 1.29 is 9.84 Å². The number of anilines is 1. The summed E-state index contributed by atoms with van der Waals surface area (Å²) in [7, 11) is 0. The predicted octanol–water partition coefficient (Wildman–Crippen LogP) is 1.74.